The molecular formula is C19H19NO5. The van der Waals surface area contributed by atoms with E-state index in [4.69, 9.17) is 13.9 Å². The van der Waals surface area contributed by atoms with E-state index < -0.39 is 5.97 Å². The first-order chi connectivity index (χ1) is 11.9. The molecule has 1 aromatic carbocycles. The van der Waals surface area contributed by atoms with Crippen molar-refractivity contribution >= 4 is 22.8 Å². The summed E-state index contributed by atoms with van der Waals surface area (Å²) in [5.41, 5.74) is 3.93. The summed E-state index contributed by atoms with van der Waals surface area (Å²) in [6.07, 6.45) is 1.79. The number of hydrogen-bond donors (Lipinski definition) is 2. The molecule has 0 saturated heterocycles. The van der Waals surface area contributed by atoms with E-state index in [1.807, 2.05) is 26.0 Å². The Bertz CT molecular complexity index is 964. The smallest absolute Gasteiger partial charge is 0.339 e. The average molecular weight is 341 g/mol. The lowest BCUT2D eigenvalue weighted by atomic mass is 10.0. The minimum absolute atomic E-state index is 0.107. The third kappa shape index (κ3) is 3.28. The van der Waals surface area contributed by atoms with Crippen LogP contribution < -0.4 is 5.32 Å². The number of nitrogens with one attached hydrogen (secondary N) is 1. The first kappa shape index (κ1) is 16.8. The van der Waals surface area contributed by atoms with Crippen LogP contribution in [0.2, 0.25) is 0 Å². The topological polar surface area (TPSA) is 92.7 Å². The van der Waals surface area contributed by atoms with E-state index in [0.717, 1.165) is 27.7 Å². The zero-order valence-corrected chi connectivity index (χ0v) is 14.3. The summed E-state index contributed by atoms with van der Waals surface area (Å²) in [5, 5.41) is 12.7. The van der Waals surface area contributed by atoms with Crippen LogP contribution in [0.25, 0.3) is 11.0 Å². The maximum atomic E-state index is 12.2. The molecule has 3 rings (SSSR count). The van der Waals surface area contributed by atoms with Crippen molar-refractivity contribution in [1.29, 1.82) is 0 Å². The van der Waals surface area contributed by atoms with Gasteiger partial charge in [0.15, 0.2) is 0 Å². The largest absolute Gasteiger partial charge is 0.478 e. The Hall–Kier alpha value is -3.02. The minimum Gasteiger partial charge on any atom is -0.478 e. The highest BCUT2D eigenvalue weighted by Gasteiger charge is 2.16. The standard InChI is InChI=1S/C19H19NO5/c1-10-4-5-15-13(9-24-18(15)11(10)2)6-17(21)20-8-14-7-16(19(22)23)12(3)25-14/h4-5,7,9H,6,8H2,1-3H3,(H,20,21)(H,22,23). The van der Waals surface area contributed by atoms with Gasteiger partial charge in [0.2, 0.25) is 5.91 Å². The molecular weight excluding hydrogens is 322 g/mol. The van der Waals surface area contributed by atoms with E-state index in [0.29, 0.717) is 11.5 Å². The molecule has 6 nitrogen and oxygen atoms in total. The van der Waals surface area contributed by atoms with E-state index in [9.17, 15) is 9.59 Å². The van der Waals surface area contributed by atoms with Gasteiger partial charge in [0.25, 0.3) is 0 Å². The van der Waals surface area contributed by atoms with Gasteiger partial charge < -0.3 is 19.3 Å². The Balaban J connectivity index is 1.68. The molecule has 0 aliphatic carbocycles. The predicted molar refractivity (Wildman–Crippen MR) is 91.6 cm³/mol. The van der Waals surface area contributed by atoms with Gasteiger partial charge in [0, 0.05) is 10.9 Å². The molecule has 6 heteroatoms. The summed E-state index contributed by atoms with van der Waals surface area (Å²) in [5.74, 6) is -0.503. The molecule has 2 N–H and O–H groups in total. The van der Waals surface area contributed by atoms with Gasteiger partial charge in [-0.3, -0.25) is 4.79 Å². The number of fused-ring (bicyclic) bond motifs is 1. The van der Waals surface area contributed by atoms with Crippen LogP contribution >= 0.6 is 0 Å². The predicted octanol–water partition coefficient (Wildman–Crippen LogP) is 3.51. The highest BCUT2D eigenvalue weighted by Crippen LogP contribution is 2.26. The van der Waals surface area contributed by atoms with E-state index >= 15 is 0 Å². The molecule has 2 aromatic heterocycles. The average Bonchev–Trinajstić information content (AvgIpc) is 3.13. The van der Waals surface area contributed by atoms with E-state index in [-0.39, 0.29) is 24.4 Å². The molecule has 1 amide bonds. The lowest BCUT2D eigenvalue weighted by molar-refractivity contribution is -0.120. The van der Waals surface area contributed by atoms with Gasteiger partial charge in [-0.25, -0.2) is 4.79 Å². The maximum Gasteiger partial charge on any atom is 0.339 e. The number of furan rings is 2. The molecule has 130 valence electrons. The molecule has 0 bridgehead atoms. The fraction of sp³-hybridized carbons (Fsp3) is 0.263. The third-order valence-electron chi connectivity index (χ3n) is 4.35. The fourth-order valence-electron chi connectivity index (χ4n) is 2.79. The van der Waals surface area contributed by atoms with Crippen molar-refractivity contribution in [3.8, 4) is 0 Å². The first-order valence-electron chi connectivity index (χ1n) is 7.92. The molecule has 0 atom stereocenters. The molecule has 0 aliphatic heterocycles. The van der Waals surface area contributed by atoms with Crippen molar-refractivity contribution in [3.05, 3.63) is 58.2 Å². The SMILES string of the molecule is Cc1ccc2c(CC(=O)NCc3cc(C(=O)O)c(C)o3)coc2c1C. The molecule has 25 heavy (non-hydrogen) atoms. The molecule has 0 radical (unpaired) electrons. The number of amides is 1. The van der Waals surface area contributed by atoms with Crippen LogP contribution in [0.15, 0.2) is 33.3 Å². The van der Waals surface area contributed by atoms with Crippen LogP contribution in [-0.2, 0) is 17.8 Å². The van der Waals surface area contributed by atoms with Crippen LogP contribution in [0.5, 0.6) is 0 Å². The van der Waals surface area contributed by atoms with Gasteiger partial charge in [-0.2, -0.15) is 0 Å². The van der Waals surface area contributed by atoms with E-state index in [1.165, 1.54) is 6.07 Å². The summed E-state index contributed by atoms with van der Waals surface area (Å²) in [6.45, 7) is 5.72. The zero-order valence-electron chi connectivity index (χ0n) is 14.3. The van der Waals surface area contributed by atoms with Gasteiger partial charge >= 0.3 is 5.97 Å². The van der Waals surface area contributed by atoms with Crippen molar-refractivity contribution in [1.82, 2.24) is 5.32 Å². The number of benzene rings is 1. The van der Waals surface area contributed by atoms with Crippen LogP contribution in [0.3, 0.4) is 0 Å². The fourth-order valence-corrected chi connectivity index (χ4v) is 2.79. The Morgan fingerprint density at radius 1 is 1.20 bits per heavy atom. The van der Waals surface area contributed by atoms with Gasteiger partial charge in [-0.15, -0.1) is 0 Å². The second-order valence-corrected chi connectivity index (χ2v) is 6.09. The molecule has 0 unspecified atom stereocenters. The van der Waals surface area contributed by atoms with Gasteiger partial charge in [0.1, 0.15) is 22.7 Å². The molecule has 0 saturated carbocycles. The number of carboxylic acids is 1. The third-order valence-corrected chi connectivity index (χ3v) is 4.35. The number of carboxylic acid groups (broad SMARTS) is 1. The molecule has 3 aromatic rings. The van der Waals surface area contributed by atoms with Crippen molar-refractivity contribution in [2.75, 3.05) is 0 Å². The lowest BCUT2D eigenvalue weighted by Crippen LogP contribution is -2.24. The number of rotatable bonds is 5. The Labute approximate surface area is 144 Å². The maximum absolute atomic E-state index is 12.2. The van der Waals surface area contributed by atoms with E-state index in [2.05, 4.69) is 5.32 Å². The molecule has 0 aliphatic rings. The second kappa shape index (κ2) is 6.47. The number of hydrogen-bond acceptors (Lipinski definition) is 4. The van der Waals surface area contributed by atoms with Crippen molar-refractivity contribution in [2.45, 2.75) is 33.7 Å². The Morgan fingerprint density at radius 2 is 1.96 bits per heavy atom. The zero-order chi connectivity index (χ0) is 18.1. The summed E-state index contributed by atoms with van der Waals surface area (Å²) in [6, 6.07) is 5.39. The minimum atomic E-state index is -1.05. The molecule has 0 spiro atoms. The van der Waals surface area contributed by atoms with Gasteiger partial charge in [-0.05, 0) is 38.0 Å². The quantitative estimate of drug-likeness (QED) is 0.741. The molecule has 2 heterocycles. The normalized spacial score (nSPS) is 11.0. The monoisotopic (exact) mass is 341 g/mol. The van der Waals surface area contributed by atoms with Gasteiger partial charge in [-0.1, -0.05) is 12.1 Å². The Morgan fingerprint density at radius 3 is 2.64 bits per heavy atom. The number of aromatic carboxylic acids is 1. The van der Waals surface area contributed by atoms with Crippen LogP contribution in [0, 0.1) is 20.8 Å². The summed E-state index contributed by atoms with van der Waals surface area (Å²) in [7, 11) is 0. The second-order valence-electron chi connectivity index (χ2n) is 6.09. The lowest BCUT2D eigenvalue weighted by Gasteiger charge is -2.03. The number of carbonyl (C=O) groups is 2. The van der Waals surface area contributed by atoms with Crippen molar-refractivity contribution < 1.29 is 23.5 Å². The Kier molecular flexibility index (Phi) is 4.35. The van der Waals surface area contributed by atoms with E-state index in [1.54, 1.807) is 13.2 Å². The molecule has 0 fully saturated rings. The van der Waals surface area contributed by atoms with Crippen molar-refractivity contribution in [2.24, 2.45) is 0 Å². The number of aryl methyl sites for hydroxylation is 3. The van der Waals surface area contributed by atoms with Crippen LogP contribution in [0.1, 0.15) is 38.6 Å². The highest BCUT2D eigenvalue weighted by molar-refractivity contribution is 5.90. The van der Waals surface area contributed by atoms with Crippen LogP contribution in [-0.4, -0.2) is 17.0 Å². The summed E-state index contributed by atoms with van der Waals surface area (Å²) >= 11 is 0. The summed E-state index contributed by atoms with van der Waals surface area (Å²) in [4.78, 5) is 23.2. The first-order valence-corrected chi connectivity index (χ1v) is 7.92. The number of carbonyl (C=O) groups excluding carboxylic acids is 1. The van der Waals surface area contributed by atoms with Crippen molar-refractivity contribution in [3.63, 3.8) is 0 Å². The van der Waals surface area contributed by atoms with Gasteiger partial charge in [0.05, 0.1) is 19.2 Å². The summed E-state index contributed by atoms with van der Waals surface area (Å²) < 4.78 is 11.0. The van der Waals surface area contributed by atoms with Crippen LogP contribution in [0.4, 0.5) is 0 Å². The highest BCUT2D eigenvalue weighted by atomic mass is 16.4.